The summed E-state index contributed by atoms with van der Waals surface area (Å²) >= 11 is 0. The van der Waals surface area contributed by atoms with E-state index >= 15 is 0 Å². The van der Waals surface area contributed by atoms with Crippen molar-refractivity contribution >= 4 is 17.7 Å². The van der Waals surface area contributed by atoms with Gasteiger partial charge in [-0.15, -0.1) is 0 Å². The van der Waals surface area contributed by atoms with Crippen LogP contribution in [0.4, 0.5) is 0 Å². The summed E-state index contributed by atoms with van der Waals surface area (Å²) in [6, 6.07) is 5.20. The Morgan fingerprint density at radius 3 is 2.86 bits per heavy atom. The van der Waals surface area contributed by atoms with Crippen LogP contribution >= 0.6 is 0 Å². The Balaban J connectivity index is 1.52. The number of rotatable bonds is 5. The molecule has 4 rings (SSSR count). The highest BCUT2D eigenvalue weighted by molar-refractivity contribution is 6.05. The Morgan fingerprint density at radius 1 is 1.28 bits per heavy atom. The highest BCUT2D eigenvalue weighted by Crippen LogP contribution is 2.32. The summed E-state index contributed by atoms with van der Waals surface area (Å²) in [5, 5.41) is 13.1. The lowest BCUT2D eigenvalue weighted by Crippen LogP contribution is -2.52. The van der Waals surface area contributed by atoms with Crippen LogP contribution in [0.5, 0.6) is 0 Å². The van der Waals surface area contributed by atoms with Crippen molar-refractivity contribution in [2.24, 2.45) is 5.73 Å². The molecular weight excluding hydrogens is 372 g/mol. The number of nitrogens with two attached hydrogens (primary N) is 1. The largest absolute Gasteiger partial charge is 0.389 e. The molecule has 156 valence electrons. The van der Waals surface area contributed by atoms with Crippen LogP contribution in [0.3, 0.4) is 0 Å². The molecule has 1 aromatic carbocycles. The fourth-order valence-corrected chi connectivity index (χ4v) is 4.88. The molecule has 0 aromatic heterocycles. The fourth-order valence-electron chi connectivity index (χ4n) is 4.88. The number of aliphatic hydroxyl groups is 1. The van der Waals surface area contributed by atoms with Gasteiger partial charge in [0.15, 0.2) is 0 Å². The first kappa shape index (κ1) is 20.0. The Hall–Kier alpha value is -2.29. The number of carbonyl (C=O) groups excluding carboxylic acids is 3. The first-order chi connectivity index (χ1) is 13.9. The van der Waals surface area contributed by atoms with Gasteiger partial charge in [-0.3, -0.25) is 24.6 Å². The van der Waals surface area contributed by atoms with Gasteiger partial charge in [-0.1, -0.05) is 18.2 Å². The molecule has 3 aliphatic heterocycles. The summed E-state index contributed by atoms with van der Waals surface area (Å²) in [6.45, 7) is 2.81. The van der Waals surface area contributed by atoms with Crippen molar-refractivity contribution in [3.05, 3.63) is 34.9 Å². The maximum atomic E-state index is 13.2. The van der Waals surface area contributed by atoms with Crippen LogP contribution in [0.2, 0.25) is 0 Å². The predicted octanol–water partition coefficient (Wildman–Crippen LogP) is 0.123. The predicted molar refractivity (Wildman–Crippen MR) is 106 cm³/mol. The minimum atomic E-state index is -0.770. The number of benzene rings is 1. The second-order valence-electron chi connectivity index (χ2n) is 8.43. The molecule has 0 saturated carbocycles. The van der Waals surface area contributed by atoms with Gasteiger partial charge in [0.05, 0.1) is 5.60 Å². The van der Waals surface area contributed by atoms with Gasteiger partial charge in [-0.25, -0.2) is 0 Å². The van der Waals surface area contributed by atoms with Crippen LogP contribution in [0.15, 0.2) is 18.2 Å². The van der Waals surface area contributed by atoms with E-state index in [-0.39, 0.29) is 18.2 Å². The molecule has 3 heterocycles. The van der Waals surface area contributed by atoms with E-state index in [4.69, 9.17) is 5.73 Å². The molecule has 0 bridgehead atoms. The standard InChI is InChI=1S/C21H28N4O4/c22-9-8-21(29)7-2-10-24(13-21)11-14-3-1-4-15-12-25(20(28)18(14)15)16-5-6-17(26)23-19(16)27/h1,3-4,16,29H,2,5-13,22H2,(H,23,26,27). The summed E-state index contributed by atoms with van der Waals surface area (Å²) in [6.07, 6.45) is 2.81. The van der Waals surface area contributed by atoms with Crippen LogP contribution in [0.25, 0.3) is 0 Å². The second-order valence-corrected chi connectivity index (χ2v) is 8.43. The molecule has 0 radical (unpaired) electrons. The van der Waals surface area contributed by atoms with E-state index in [1.54, 1.807) is 4.90 Å². The topological polar surface area (TPSA) is 116 Å². The van der Waals surface area contributed by atoms with Crippen molar-refractivity contribution in [2.75, 3.05) is 19.6 Å². The smallest absolute Gasteiger partial charge is 0.255 e. The Morgan fingerprint density at radius 2 is 2.10 bits per heavy atom. The quantitative estimate of drug-likeness (QED) is 0.605. The molecule has 2 fully saturated rings. The summed E-state index contributed by atoms with van der Waals surface area (Å²) in [4.78, 5) is 40.6. The van der Waals surface area contributed by atoms with Crippen molar-refractivity contribution in [1.29, 1.82) is 0 Å². The third-order valence-corrected chi connectivity index (χ3v) is 6.28. The second kappa shape index (κ2) is 7.85. The minimum Gasteiger partial charge on any atom is -0.389 e. The lowest BCUT2D eigenvalue weighted by molar-refractivity contribution is -0.136. The van der Waals surface area contributed by atoms with Gasteiger partial charge in [0.2, 0.25) is 11.8 Å². The Bertz CT molecular complexity index is 838. The van der Waals surface area contributed by atoms with E-state index in [0.29, 0.717) is 44.6 Å². The third kappa shape index (κ3) is 3.92. The number of piperidine rings is 2. The summed E-state index contributed by atoms with van der Waals surface area (Å²) in [5.41, 5.74) is 7.37. The van der Waals surface area contributed by atoms with E-state index in [9.17, 15) is 19.5 Å². The van der Waals surface area contributed by atoms with Crippen LogP contribution in [0.1, 0.15) is 53.6 Å². The van der Waals surface area contributed by atoms with E-state index < -0.39 is 17.6 Å². The van der Waals surface area contributed by atoms with Gasteiger partial charge in [-0.05, 0) is 49.9 Å². The number of carbonyl (C=O) groups is 3. The number of β-amino-alcohol motifs (C(OH)–C–C–N with tert-alkyl or cyclic N) is 1. The van der Waals surface area contributed by atoms with Crippen molar-refractivity contribution in [3.63, 3.8) is 0 Å². The molecule has 2 unspecified atom stereocenters. The molecule has 1 aromatic rings. The lowest BCUT2D eigenvalue weighted by Gasteiger charge is -2.39. The molecule has 29 heavy (non-hydrogen) atoms. The van der Waals surface area contributed by atoms with E-state index in [1.807, 2.05) is 18.2 Å². The normalized spacial score (nSPS) is 27.9. The van der Waals surface area contributed by atoms with Crippen LogP contribution in [0, 0.1) is 0 Å². The fraction of sp³-hybridized carbons (Fsp3) is 0.571. The van der Waals surface area contributed by atoms with E-state index in [0.717, 1.165) is 30.5 Å². The number of hydrogen-bond acceptors (Lipinski definition) is 6. The minimum absolute atomic E-state index is 0.153. The van der Waals surface area contributed by atoms with Gasteiger partial charge in [0, 0.05) is 31.6 Å². The third-order valence-electron chi connectivity index (χ3n) is 6.28. The highest BCUT2D eigenvalue weighted by atomic mass is 16.3. The summed E-state index contributed by atoms with van der Waals surface area (Å²) in [7, 11) is 0. The van der Waals surface area contributed by atoms with Crippen molar-refractivity contribution in [3.8, 4) is 0 Å². The van der Waals surface area contributed by atoms with Gasteiger partial charge < -0.3 is 15.7 Å². The van der Waals surface area contributed by atoms with E-state index in [1.165, 1.54) is 0 Å². The first-order valence-corrected chi connectivity index (χ1v) is 10.3. The number of amides is 3. The first-order valence-electron chi connectivity index (χ1n) is 10.3. The summed E-state index contributed by atoms with van der Waals surface area (Å²) < 4.78 is 0. The molecule has 0 spiro atoms. The zero-order chi connectivity index (χ0) is 20.6. The van der Waals surface area contributed by atoms with Crippen molar-refractivity contribution in [1.82, 2.24) is 15.1 Å². The van der Waals surface area contributed by atoms with Gasteiger partial charge in [0.25, 0.3) is 5.91 Å². The maximum Gasteiger partial charge on any atom is 0.255 e. The maximum absolute atomic E-state index is 13.2. The Kier molecular flexibility index (Phi) is 5.42. The average Bonchev–Trinajstić information content (AvgIpc) is 2.99. The molecule has 3 aliphatic rings. The van der Waals surface area contributed by atoms with Crippen molar-refractivity contribution in [2.45, 2.75) is 56.8 Å². The zero-order valence-corrected chi connectivity index (χ0v) is 16.5. The number of imide groups is 1. The lowest BCUT2D eigenvalue weighted by atomic mass is 9.89. The Labute approximate surface area is 170 Å². The van der Waals surface area contributed by atoms with Crippen LogP contribution < -0.4 is 11.1 Å². The van der Waals surface area contributed by atoms with Crippen molar-refractivity contribution < 1.29 is 19.5 Å². The van der Waals surface area contributed by atoms with E-state index in [2.05, 4.69) is 10.2 Å². The number of nitrogens with zero attached hydrogens (tertiary/aromatic N) is 2. The van der Waals surface area contributed by atoms with Crippen LogP contribution in [-0.2, 0) is 22.7 Å². The molecule has 0 aliphatic carbocycles. The SMILES string of the molecule is NCCC1(O)CCCN(Cc2cccc3c2C(=O)N(C2CCC(=O)NC2=O)C3)C1. The number of likely N-dealkylation sites (tertiary alicyclic amines) is 1. The van der Waals surface area contributed by atoms with Gasteiger partial charge in [0.1, 0.15) is 6.04 Å². The molecule has 2 atom stereocenters. The molecule has 2 saturated heterocycles. The number of hydrogen-bond donors (Lipinski definition) is 3. The molecule has 3 amide bonds. The highest BCUT2D eigenvalue weighted by Gasteiger charge is 2.40. The molecular formula is C21H28N4O4. The summed E-state index contributed by atoms with van der Waals surface area (Å²) in [5.74, 6) is -0.836. The molecule has 8 heteroatoms. The molecule has 4 N–H and O–H groups in total. The van der Waals surface area contributed by atoms with Gasteiger partial charge >= 0.3 is 0 Å². The number of fused-ring (bicyclic) bond motifs is 1. The average molecular weight is 400 g/mol. The number of nitrogens with one attached hydrogen (secondary N) is 1. The molecule has 8 nitrogen and oxygen atoms in total. The monoisotopic (exact) mass is 400 g/mol. The van der Waals surface area contributed by atoms with Gasteiger partial charge in [-0.2, -0.15) is 0 Å². The zero-order valence-electron chi connectivity index (χ0n) is 16.5. The van der Waals surface area contributed by atoms with Crippen LogP contribution in [-0.4, -0.2) is 63.9 Å².